The molecule has 1 heterocycles. The first-order valence-electron chi connectivity index (χ1n) is 7.37. The van der Waals surface area contributed by atoms with Gasteiger partial charge in [-0.25, -0.2) is 0 Å². The third kappa shape index (κ3) is 4.94. The van der Waals surface area contributed by atoms with Gasteiger partial charge in [-0.2, -0.15) is 0 Å². The van der Waals surface area contributed by atoms with Crippen LogP contribution in [0.4, 0.5) is 10.1 Å². The Labute approximate surface area is 156 Å². The van der Waals surface area contributed by atoms with Gasteiger partial charge in [0.25, 0.3) is 0 Å². The van der Waals surface area contributed by atoms with Gasteiger partial charge in [0, 0.05) is 0 Å². The Balaban J connectivity index is 2.35. The van der Waals surface area contributed by atoms with Crippen LogP contribution in [0.15, 0.2) is 24.7 Å². The second-order valence-electron chi connectivity index (χ2n) is 5.45. The standard InChI is InChI=1S/C16H21FI2N3O/c1-11(2)22(9-13-8-20-10-21-13)15-7-14(17)12(4-5-19-18)6-16(15)23-3/h6-8,10-11H,4-5,9H2,1-3H3,(H,20,21)/q-1. The molecule has 128 valence electrons. The van der Waals surface area contributed by atoms with Crippen molar-refractivity contribution in [2.45, 2.75) is 32.9 Å². The van der Waals surface area contributed by atoms with Gasteiger partial charge in [-0.3, -0.25) is 0 Å². The summed E-state index contributed by atoms with van der Waals surface area (Å²) in [5.41, 5.74) is 2.51. The number of aryl methyl sites for hydroxylation is 1. The number of ether oxygens (including phenoxy) is 1. The van der Waals surface area contributed by atoms with E-state index in [4.69, 9.17) is 4.74 Å². The number of rotatable bonds is 8. The average Bonchev–Trinajstić information content (AvgIpc) is 3.04. The van der Waals surface area contributed by atoms with E-state index in [0.717, 1.165) is 33.5 Å². The first kappa shape index (κ1) is 18.8. The molecule has 0 spiro atoms. The van der Waals surface area contributed by atoms with E-state index in [1.165, 1.54) is 0 Å². The van der Waals surface area contributed by atoms with Crippen LogP contribution >= 0.6 is 18.6 Å². The molecule has 23 heavy (non-hydrogen) atoms. The van der Waals surface area contributed by atoms with Crippen LogP contribution in [0.5, 0.6) is 5.75 Å². The number of H-pyrrole nitrogens is 1. The molecule has 0 bridgehead atoms. The minimum absolute atomic E-state index is 0.136. The molecular formula is C16H21FI2N3O-. The van der Waals surface area contributed by atoms with Crippen LogP contribution in [-0.2, 0) is 13.0 Å². The van der Waals surface area contributed by atoms with Gasteiger partial charge in [-0.15, -0.1) is 0 Å². The Kier molecular flexibility index (Phi) is 7.38. The number of anilines is 1. The molecule has 0 aliphatic rings. The minimum atomic E-state index is -0.148. The van der Waals surface area contributed by atoms with Gasteiger partial charge in [0.1, 0.15) is 0 Å². The van der Waals surface area contributed by atoms with Crippen LogP contribution in [0.2, 0.25) is 0 Å². The van der Waals surface area contributed by atoms with Gasteiger partial charge in [0.05, 0.1) is 0 Å². The number of aromatic amines is 1. The first-order valence-corrected chi connectivity index (χ1v) is 15.2. The summed E-state index contributed by atoms with van der Waals surface area (Å²) < 4.78 is 21.1. The Hall–Kier alpha value is -0.580. The van der Waals surface area contributed by atoms with Crippen LogP contribution in [0.3, 0.4) is 0 Å². The molecule has 0 radical (unpaired) electrons. The number of aromatic nitrogens is 2. The Morgan fingerprint density at radius 3 is 2.78 bits per heavy atom. The van der Waals surface area contributed by atoms with E-state index in [-0.39, 0.29) is 29.1 Å². The first-order chi connectivity index (χ1) is 11.1. The van der Waals surface area contributed by atoms with E-state index in [2.05, 4.69) is 47.3 Å². The number of benzene rings is 1. The van der Waals surface area contributed by atoms with Gasteiger partial charge in [-0.05, 0) is 0 Å². The van der Waals surface area contributed by atoms with Crippen LogP contribution in [-0.4, -0.2) is 27.5 Å². The van der Waals surface area contributed by atoms with Crippen molar-refractivity contribution in [2.24, 2.45) is 0 Å². The molecule has 1 aromatic heterocycles. The third-order valence-corrected chi connectivity index (χ3v) is 7.29. The topological polar surface area (TPSA) is 41.1 Å². The molecule has 0 aliphatic heterocycles. The summed E-state index contributed by atoms with van der Waals surface area (Å²) in [4.78, 5) is 9.27. The second-order valence-corrected chi connectivity index (χ2v) is 11.0. The van der Waals surface area contributed by atoms with Crippen molar-refractivity contribution < 1.29 is 26.4 Å². The summed E-state index contributed by atoms with van der Waals surface area (Å²) in [7, 11) is 1.64. The van der Waals surface area contributed by atoms with Gasteiger partial charge in [0.2, 0.25) is 0 Å². The predicted octanol–water partition coefficient (Wildman–Crippen LogP) is 0.954. The Bertz CT molecular complexity index is 620. The summed E-state index contributed by atoms with van der Waals surface area (Å²) in [6, 6.07) is 3.66. The Morgan fingerprint density at radius 1 is 1.43 bits per heavy atom. The molecule has 0 amide bonds. The number of imidazole rings is 1. The van der Waals surface area contributed by atoms with Crippen LogP contribution in [0, 0.1) is 5.82 Å². The zero-order chi connectivity index (χ0) is 16.8. The van der Waals surface area contributed by atoms with Crippen molar-refractivity contribution in [3.63, 3.8) is 0 Å². The van der Waals surface area contributed by atoms with E-state index < -0.39 is 0 Å². The molecule has 0 fully saturated rings. The zero-order valence-electron chi connectivity index (χ0n) is 13.4. The number of alkyl halides is 1. The number of hydrogen-bond acceptors (Lipinski definition) is 3. The fourth-order valence-electron chi connectivity index (χ4n) is 2.40. The van der Waals surface area contributed by atoms with Crippen molar-refractivity contribution in [1.82, 2.24) is 9.97 Å². The van der Waals surface area contributed by atoms with Crippen molar-refractivity contribution >= 4 is 24.3 Å². The van der Waals surface area contributed by atoms with Crippen molar-refractivity contribution in [3.8, 4) is 5.75 Å². The van der Waals surface area contributed by atoms with Crippen molar-refractivity contribution in [2.75, 3.05) is 16.4 Å². The predicted molar refractivity (Wildman–Crippen MR) is 95.4 cm³/mol. The Morgan fingerprint density at radius 2 is 2.22 bits per heavy atom. The average molecular weight is 544 g/mol. The quantitative estimate of drug-likeness (QED) is 0.398. The molecule has 2 aromatic rings. The maximum atomic E-state index is 14.5. The number of halogens is 3. The summed E-state index contributed by atoms with van der Waals surface area (Å²) in [6.07, 6.45) is 4.22. The van der Waals surface area contributed by atoms with Crippen molar-refractivity contribution in [1.29, 1.82) is 0 Å². The monoisotopic (exact) mass is 544 g/mol. The number of methoxy groups -OCH3 is 1. The van der Waals surface area contributed by atoms with E-state index in [1.807, 2.05) is 6.07 Å². The van der Waals surface area contributed by atoms with E-state index in [1.54, 1.807) is 25.7 Å². The van der Waals surface area contributed by atoms with Gasteiger partial charge >= 0.3 is 157 Å². The second kappa shape index (κ2) is 9.05. The van der Waals surface area contributed by atoms with E-state index >= 15 is 0 Å². The summed E-state index contributed by atoms with van der Waals surface area (Å²) in [5.74, 6) is 0.575. The molecule has 1 N–H and O–H groups in total. The zero-order valence-corrected chi connectivity index (χ0v) is 17.8. The SMILES string of the molecule is COc1cc(CC[I-]I)c(F)cc1N(Cc1cnc[nH]1)C(C)C. The summed E-state index contributed by atoms with van der Waals surface area (Å²) >= 11 is 2.56. The molecule has 0 saturated heterocycles. The molecule has 2 rings (SSSR count). The summed E-state index contributed by atoms with van der Waals surface area (Å²) in [5, 5.41) is 0. The molecule has 0 unspecified atom stereocenters. The van der Waals surface area contributed by atoms with E-state index in [9.17, 15) is 4.39 Å². The fourth-order valence-corrected chi connectivity index (χ4v) is 4.56. The van der Waals surface area contributed by atoms with Crippen LogP contribution in [0.1, 0.15) is 25.1 Å². The number of nitrogens with zero attached hydrogens (tertiary/aromatic N) is 2. The molecular weight excluding hydrogens is 523 g/mol. The summed E-state index contributed by atoms with van der Waals surface area (Å²) in [6.45, 7) is 4.80. The van der Waals surface area contributed by atoms with Gasteiger partial charge in [0.15, 0.2) is 0 Å². The molecule has 0 saturated carbocycles. The normalized spacial score (nSPS) is 11.2. The van der Waals surface area contributed by atoms with Gasteiger partial charge in [-0.1, -0.05) is 0 Å². The van der Waals surface area contributed by atoms with E-state index in [0.29, 0.717) is 6.54 Å². The molecule has 0 aliphatic carbocycles. The third-order valence-electron chi connectivity index (χ3n) is 3.61. The van der Waals surface area contributed by atoms with Gasteiger partial charge < -0.3 is 0 Å². The number of nitrogens with one attached hydrogen (secondary N) is 1. The van der Waals surface area contributed by atoms with Crippen LogP contribution < -0.4 is 26.9 Å². The van der Waals surface area contributed by atoms with Crippen molar-refractivity contribution in [3.05, 3.63) is 41.7 Å². The maximum absolute atomic E-state index is 14.5. The van der Waals surface area contributed by atoms with Crippen LogP contribution in [0.25, 0.3) is 0 Å². The molecule has 1 aromatic carbocycles. The molecule has 4 nitrogen and oxygen atoms in total. The molecule has 7 heteroatoms. The molecule has 0 atom stereocenters. The fraction of sp³-hybridized carbons (Fsp3) is 0.438. The number of hydrogen-bond donors (Lipinski definition) is 1.